The van der Waals surface area contributed by atoms with Crippen LogP contribution in [0.5, 0.6) is 0 Å². The van der Waals surface area contributed by atoms with Crippen molar-refractivity contribution in [2.24, 2.45) is 13.0 Å². The molecule has 1 aliphatic rings. The zero-order chi connectivity index (χ0) is 10.7. The minimum Gasteiger partial charge on any atom is -0.276 e. The highest BCUT2D eigenvalue weighted by atomic mass is 35.5. The Morgan fingerprint density at radius 3 is 2.93 bits per heavy atom. The Labute approximate surface area is 96.6 Å². The van der Waals surface area contributed by atoms with Crippen LogP contribution in [0.1, 0.15) is 37.7 Å². The second kappa shape index (κ2) is 5.02. The van der Waals surface area contributed by atoms with Crippen molar-refractivity contribution in [1.29, 1.82) is 0 Å². The number of hydrogen-bond acceptors (Lipinski definition) is 1. The Kier molecular flexibility index (Phi) is 3.68. The molecule has 84 valence electrons. The standard InChI is InChI=1S/C12H19ClN2/c1-15-9-10(8-14-15)7-11-5-3-2-4-6-12(11)13/h8-9,11-12H,2-7H2,1H3. The van der Waals surface area contributed by atoms with Gasteiger partial charge in [0.1, 0.15) is 0 Å². The van der Waals surface area contributed by atoms with Crippen molar-refractivity contribution in [3.8, 4) is 0 Å². The molecule has 15 heavy (non-hydrogen) atoms. The first kappa shape index (κ1) is 11.0. The zero-order valence-corrected chi connectivity index (χ0v) is 10.1. The second-order valence-corrected chi connectivity index (χ2v) is 5.20. The summed E-state index contributed by atoms with van der Waals surface area (Å²) in [4.78, 5) is 0. The monoisotopic (exact) mass is 226 g/mol. The smallest absolute Gasteiger partial charge is 0.0521 e. The van der Waals surface area contributed by atoms with Gasteiger partial charge in [-0.05, 0) is 30.7 Å². The number of rotatable bonds is 2. The molecule has 0 spiro atoms. The summed E-state index contributed by atoms with van der Waals surface area (Å²) in [6.07, 6.45) is 11.6. The third-order valence-corrected chi connectivity index (χ3v) is 3.90. The molecule has 0 amide bonds. The third-order valence-electron chi connectivity index (χ3n) is 3.32. The molecule has 1 saturated carbocycles. The van der Waals surface area contributed by atoms with Crippen LogP contribution in [0.3, 0.4) is 0 Å². The molecule has 0 bridgehead atoms. The van der Waals surface area contributed by atoms with Crippen molar-refractivity contribution < 1.29 is 0 Å². The maximum absolute atomic E-state index is 6.42. The van der Waals surface area contributed by atoms with Crippen LogP contribution in [-0.4, -0.2) is 15.2 Å². The molecule has 1 fully saturated rings. The Morgan fingerprint density at radius 1 is 1.40 bits per heavy atom. The molecule has 2 rings (SSSR count). The van der Waals surface area contributed by atoms with Crippen LogP contribution >= 0.6 is 11.6 Å². The van der Waals surface area contributed by atoms with Crippen LogP contribution in [0.2, 0.25) is 0 Å². The molecule has 1 aliphatic carbocycles. The summed E-state index contributed by atoms with van der Waals surface area (Å²) in [6, 6.07) is 0. The van der Waals surface area contributed by atoms with Gasteiger partial charge in [0.15, 0.2) is 0 Å². The molecule has 1 aromatic rings. The predicted octanol–water partition coefficient (Wildman–Crippen LogP) is 3.15. The summed E-state index contributed by atoms with van der Waals surface area (Å²) in [5, 5.41) is 4.57. The molecule has 1 aromatic heterocycles. The fraction of sp³-hybridized carbons (Fsp3) is 0.750. The quantitative estimate of drug-likeness (QED) is 0.560. The van der Waals surface area contributed by atoms with E-state index >= 15 is 0 Å². The van der Waals surface area contributed by atoms with E-state index in [2.05, 4.69) is 11.3 Å². The van der Waals surface area contributed by atoms with Crippen LogP contribution in [0, 0.1) is 5.92 Å². The molecular formula is C12H19ClN2. The van der Waals surface area contributed by atoms with Gasteiger partial charge in [0.25, 0.3) is 0 Å². The summed E-state index contributed by atoms with van der Waals surface area (Å²) in [5.41, 5.74) is 1.33. The second-order valence-electron chi connectivity index (χ2n) is 4.64. The van der Waals surface area contributed by atoms with E-state index in [0.717, 1.165) is 6.42 Å². The average Bonchev–Trinajstić information content (AvgIpc) is 2.50. The zero-order valence-electron chi connectivity index (χ0n) is 9.32. The molecule has 3 heteroatoms. The Bertz CT molecular complexity index is 308. The van der Waals surface area contributed by atoms with Crippen LogP contribution < -0.4 is 0 Å². The average molecular weight is 227 g/mol. The van der Waals surface area contributed by atoms with Crippen molar-refractivity contribution in [2.75, 3.05) is 0 Å². The molecule has 1 heterocycles. The number of aromatic nitrogens is 2. The van der Waals surface area contributed by atoms with E-state index in [-0.39, 0.29) is 0 Å². The van der Waals surface area contributed by atoms with Crippen LogP contribution in [-0.2, 0) is 13.5 Å². The lowest BCUT2D eigenvalue weighted by molar-refractivity contribution is 0.465. The summed E-state index contributed by atoms with van der Waals surface area (Å²) in [7, 11) is 1.97. The summed E-state index contributed by atoms with van der Waals surface area (Å²) in [6.45, 7) is 0. The maximum Gasteiger partial charge on any atom is 0.0521 e. The van der Waals surface area contributed by atoms with Crippen molar-refractivity contribution in [2.45, 2.75) is 43.9 Å². The van der Waals surface area contributed by atoms with E-state index in [1.807, 2.05) is 17.9 Å². The SMILES string of the molecule is Cn1cc(CC2CCCCCC2Cl)cn1. The number of alkyl halides is 1. The van der Waals surface area contributed by atoms with Gasteiger partial charge in [-0.15, -0.1) is 11.6 Å². The van der Waals surface area contributed by atoms with E-state index in [0.29, 0.717) is 11.3 Å². The van der Waals surface area contributed by atoms with Crippen molar-refractivity contribution in [3.05, 3.63) is 18.0 Å². The molecule has 2 atom stereocenters. The molecule has 0 saturated heterocycles. The van der Waals surface area contributed by atoms with Gasteiger partial charge in [0.05, 0.1) is 6.20 Å². The van der Waals surface area contributed by atoms with Gasteiger partial charge in [-0.25, -0.2) is 0 Å². The van der Waals surface area contributed by atoms with Crippen LogP contribution in [0.15, 0.2) is 12.4 Å². The minimum atomic E-state index is 0.368. The van der Waals surface area contributed by atoms with Crippen molar-refractivity contribution >= 4 is 11.6 Å². The molecule has 0 aromatic carbocycles. The molecular weight excluding hydrogens is 208 g/mol. The summed E-state index contributed by atoms with van der Waals surface area (Å²) >= 11 is 6.42. The van der Waals surface area contributed by atoms with Gasteiger partial charge in [-0.1, -0.05) is 19.3 Å². The van der Waals surface area contributed by atoms with Gasteiger partial charge >= 0.3 is 0 Å². The molecule has 2 unspecified atom stereocenters. The third kappa shape index (κ3) is 2.97. The molecule has 2 nitrogen and oxygen atoms in total. The Morgan fingerprint density at radius 2 is 2.20 bits per heavy atom. The first-order valence-corrected chi connectivity index (χ1v) is 6.31. The van der Waals surface area contributed by atoms with Gasteiger partial charge in [0, 0.05) is 18.6 Å². The minimum absolute atomic E-state index is 0.368. The van der Waals surface area contributed by atoms with Crippen molar-refractivity contribution in [3.63, 3.8) is 0 Å². The lowest BCUT2D eigenvalue weighted by Gasteiger charge is -2.18. The van der Waals surface area contributed by atoms with Crippen LogP contribution in [0.4, 0.5) is 0 Å². The van der Waals surface area contributed by atoms with Crippen LogP contribution in [0.25, 0.3) is 0 Å². The molecule has 0 N–H and O–H groups in total. The number of halogens is 1. The normalized spacial score (nSPS) is 27.6. The summed E-state index contributed by atoms with van der Waals surface area (Å²) in [5.74, 6) is 0.651. The predicted molar refractivity (Wildman–Crippen MR) is 63.1 cm³/mol. The fourth-order valence-corrected chi connectivity index (χ4v) is 2.82. The van der Waals surface area contributed by atoms with Gasteiger partial charge in [-0.3, -0.25) is 4.68 Å². The Hall–Kier alpha value is -0.500. The van der Waals surface area contributed by atoms with E-state index in [1.165, 1.54) is 37.7 Å². The van der Waals surface area contributed by atoms with Crippen molar-refractivity contribution in [1.82, 2.24) is 9.78 Å². The Balaban J connectivity index is 1.97. The number of nitrogens with zero attached hydrogens (tertiary/aromatic N) is 2. The van der Waals surface area contributed by atoms with Gasteiger partial charge in [-0.2, -0.15) is 5.10 Å². The highest BCUT2D eigenvalue weighted by molar-refractivity contribution is 6.20. The highest BCUT2D eigenvalue weighted by Gasteiger charge is 2.22. The van der Waals surface area contributed by atoms with E-state index in [9.17, 15) is 0 Å². The lowest BCUT2D eigenvalue weighted by atomic mass is 9.93. The lowest BCUT2D eigenvalue weighted by Crippen LogP contribution is -2.15. The van der Waals surface area contributed by atoms with Gasteiger partial charge < -0.3 is 0 Å². The molecule has 0 radical (unpaired) electrons. The fourth-order valence-electron chi connectivity index (χ4n) is 2.45. The molecule has 0 aliphatic heterocycles. The maximum atomic E-state index is 6.42. The van der Waals surface area contributed by atoms with E-state index in [4.69, 9.17) is 11.6 Å². The number of aryl methyl sites for hydroxylation is 1. The first-order chi connectivity index (χ1) is 7.25. The summed E-state index contributed by atoms with van der Waals surface area (Å²) < 4.78 is 1.87. The largest absolute Gasteiger partial charge is 0.276 e. The van der Waals surface area contributed by atoms with E-state index < -0.39 is 0 Å². The number of hydrogen-bond donors (Lipinski definition) is 0. The van der Waals surface area contributed by atoms with Gasteiger partial charge in [0.2, 0.25) is 0 Å². The van der Waals surface area contributed by atoms with E-state index in [1.54, 1.807) is 0 Å². The first-order valence-electron chi connectivity index (χ1n) is 5.87. The topological polar surface area (TPSA) is 17.8 Å². The highest BCUT2D eigenvalue weighted by Crippen LogP contribution is 2.29.